The molecule has 76 valence electrons. The van der Waals surface area contributed by atoms with Crippen LogP contribution >= 0.6 is 0 Å². The molecular weight excluding hydrogens is 180 g/mol. The fourth-order valence-electron chi connectivity index (χ4n) is 1.29. The van der Waals surface area contributed by atoms with Gasteiger partial charge in [-0.05, 0) is 24.2 Å². The van der Waals surface area contributed by atoms with Crippen LogP contribution in [-0.2, 0) is 4.79 Å². The van der Waals surface area contributed by atoms with E-state index in [4.69, 9.17) is 5.73 Å². The van der Waals surface area contributed by atoms with Crippen LogP contribution in [-0.4, -0.2) is 17.6 Å². The van der Waals surface area contributed by atoms with E-state index in [1.165, 1.54) is 6.07 Å². The molecular formula is C10H14N2O2. The number of benzene rings is 1. The third-order valence-corrected chi connectivity index (χ3v) is 1.90. The average Bonchev–Trinajstić information content (AvgIpc) is 2.13. The summed E-state index contributed by atoms with van der Waals surface area (Å²) in [5, 5.41) is 12.2. The van der Waals surface area contributed by atoms with E-state index in [1.807, 2.05) is 6.92 Å². The number of hydrogen-bond acceptors (Lipinski definition) is 3. The van der Waals surface area contributed by atoms with Crippen LogP contribution in [0.4, 0.5) is 0 Å². The second kappa shape index (κ2) is 4.62. The van der Waals surface area contributed by atoms with Crippen molar-refractivity contribution >= 4 is 5.91 Å². The summed E-state index contributed by atoms with van der Waals surface area (Å²) in [5.74, 6) is -0.316. The molecule has 0 saturated heterocycles. The maximum absolute atomic E-state index is 11.1. The molecule has 4 heteroatoms. The van der Waals surface area contributed by atoms with Crippen molar-refractivity contribution in [2.75, 3.05) is 6.54 Å². The van der Waals surface area contributed by atoms with E-state index < -0.39 is 11.9 Å². The van der Waals surface area contributed by atoms with Crippen molar-refractivity contribution in [2.45, 2.75) is 13.0 Å². The van der Waals surface area contributed by atoms with Gasteiger partial charge < -0.3 is 16.2 Å². The zero-order valence-corrected chi connectivity index (χ0v) is 8.03. The molecule has 0 aromatic heterocycles. The number of nitrogens with one attached hydrogen (secondary N) is 1. The van der Waals surface area contributed by atoms with E-state index >= 15 is 0 Å². The van der Waals surface area contributed by atoms with Crippen LogP contribution in [0, 0.1) is 0 Å². The third-order valence-electron chi connectivity index (χ3n) is 1.90. The Balaban J connectivity index is 2.93. The van der Waals surface area contributed by atoms with E-state index in [-0.39, 0.29) is 5.75 Å². The first kappa shape index (κ1) is 10.5. The number of hydrogen-bond donors (Lipinski definition) is 3. The highest BCUT2D eigenvalue weighted by Crippen LogP contribution is 2.17. The fourth-order valence-corrected chi connectivity index (χ4v) is 1.29. The molecule has 0 heterocycles. The predicted octanol–water partition coefficient (Wildman–Crippen LogP) is 0.528. The third kappa shape index (κ3) is 2.47. The van der Waals surface area contributed by atoms with Gasteiger partial charge in [-0.15, -0.1) is 0 Å². The van der Waals surface area contributed by atoms with Gasteiger partial charge in [0.15, 0.2) is 0 Å². The topological polar surface area (TPSA) is 75.3 Å². The van der Waals surface area contributed by atoms with E-state index in [1.54, 1.807) is 18.2 Å². The van der Waals surface area contributed by atoms with Crippen molar-refractivity contribution in [1.29, 1.82) is 0 Å². The zero-order chi connectivity index (χ0) is 10.6. The summed E-state index contributed by atoms with van der Waals surface area (Å²) in [6.07, 6.45) is 0. The fraction of sp³-hybridized carbons (Fsp3) is 0.300. The number of aromatic hydroxyl groups is 1. The monoisotopic (exact) mass is 194 g/mol. The highest BCUT2D eigenvalue weighted by atomic mass is 16.3. The van der Waals surface area contributed by atoms with Gasteiger partial charge in [0, 0.05) is 0 Å². The number of amides is 1. The van der Waals surface area contributed by atoms with Crippen LogP contribution in [0.3, 0.4) is 0 Å². The van der Waals surface area contributed by atoms with Crippen LogP contribution in [0.1, 0.15) is 18.5 Å². The molecule has 1 aromatic rings. The Morgan fingerprint density at radius 1 is 1.64 bits per heavy atom. The minimum absolute atomic E-state index is 0.131. The number of phenolic OH excluding ortho intramolecular Hbond substituents is 1. The Bertz CT molecular complexity index is 326. The highest BCUT2D eigenvalue weighted by molar-refractivity contribution is 5.81. The molecule has 0 bridgehead atoms. The van der Waals surface area contributed by atoms with Gasteiger partial charge in [0.1, 0.15) is 11.8 Å². The number of nitrogens with two attached hydrogens (primary N) is 1. The summed E-state index contributed by atoms with van der Waals surface area (Å²) in [4.78, 5) is 11.1. The molecule has 0 aliphatic carbocycles. The first-order valence-electron chi connectivity index (χ1n) is 4.46. The number of primary amides is 1. The minimum atomic E-state index is -0.535. The van der Waals surface area contributed by atoms with Crippen LogP contribution < -0.4 is 11.1 Å². The van der Waals surface area contributed by atoms with Crippen LogP contribution in [0.2, 0.25) is 0 Å². The van der Waals surface area contributed by atoms with Crippen molar-refractivity contribution in [1.82, 2.24) is 5.32 Å². The van der Waals surface area contributed by atoms with E-state index in [0.717, 1.165) is 0 Å². The van der Waals surface area contributed by atoms with Gasteiger partial charge in [-0.3, -0.25) is 4.79 Å². The quantitative estimate of drug-likeness (QED) is 0.654. The molecule has 1 atom stereocenters. The van der Waals surface area contributed by atoms with Gasteiger partial charge >= 0.3 is 0 Å². The Morgan fingerprint density at radius 3 is 2.86 bits per heavy atom. The largest absolute Gasteiger partial charge is 0.508 e. The van der Waals surface area contributed by atoms with Crippen LogP contribution in [0.15, 0.2) is 24.3 Å². The highest BCUT2D eigenvalue weighted by Gasteiger charge is 2.16. The van der Waals surface area contributed by atoms with Gasteiger partial charge in [0.05, 0.1) is 0 Å². The molecule has 0 aliphatic rings. The molecule has 4 nitrogen and oxygen atoms in total. The lowest BCUT2D eigenvalue weighted by atomic mass is 10.1. The van der Waals surface area contributed by atoms with Crippen LogP contribution in [0.25, 0.3) is 0 Å². The molecule has 1 amide bonds. The molecule has 0 spiro atoms. The molecule has 0 saturated carbocycles. The Labute approximate surface area is 82.7 Å². The van der Waals surface area contributed by atoms with Gasteiger partial charge in [0.2, 0.25) is 5.91 Å². The molecule has 1 rings (SSSR count). The van der Waals surface area contributed by atoms with Crippen LogP contribution in [0.5, 0.6) is 5.75 Å². The Morgan fingerprint density at radius 2 is 2.36 bits per heavy atom. The van der Waals surface area contributed by atoms with Gasteiger partial charge in [-0.25, -0.2) is 0 Å². The number of likely N-dealkylation sites (N-methyl/N-ethyl adjacent to an activating group) is 1. The summed E-state index contributed by atoms with van der Waals surface area (Å²) >= 11 is 0. The van der Waals surface area contributed by atoms with E-state index in [2.05, 4.69) is 5.32 Å². The van der Waals surface area contributed by atoms with E-state index in [0.29, 0.717) is 12.1 Å². The van der Waals surface area contributed by atoms with Gasteiger partial charge in [-0.2, -0.15) is 0 Å². The van der Waals surface area contributed by atoms with Gasteiger partial charge in [0.25, 0.3) is 0 Å². The lowest BCUT2D eigenvalue weighted by molar-refractivity contribution is -0.120. The lowest BCUT2D eigenvalue weighted by Gasteiger charge is -2.14. The van der Waals surface area contributed by atoms with Crippen molar-refractivity contribution in [2.24, 2.45) is 5.73 Å². The Kier molecular flexibility index (Phi) is 3.48. The second-order valence-corrected chi connectivity index (χ2v) is 2.99. The summed E-state index contributed by atoms with van der Waals surface area (Å²) < 4.78 is 0. The molecule has 14 heavy (non-hydrogen) atoms. The zero-order valence-electron chi connectivity index (χ0n) is 8.03. The molecule has 1 aromatic carbocycles. The van der Waals surface area contributed by atoms with Crippen molar-refractivity contribution in [3.63, 3.8) is 0 Å². The van der Waals surface area contributed by atoms with Crippen molar-refractivity contribution in [3.8, 4) is 5.75 Å². The molecule has 1 unspecified atom stereocenters. The number of phenols is 1. The van der Waals surface area contributed by atoms with Crippen molar-refractivity contribution < 1.29 is 9.90 Å². The van der Waals surface area contributed by atoms with Gasteiger partial charge in [-0.1, -0.05) is 19.1 Å². The smallest absolute Gasteiger partial charge is 0.239 e. The molecule has 0 aliphatic heterocycles. The standard InChI is InChI=1S/C10H14N2O2/c1-2-12-9(10(11)14)7-4-3-5-8(13)6-7/h3-6,9,12-13H,2H2,1H3,(H2,11,14). The number of carbonyl (C=O) groups excluding carboxylic acids is 1. The summed E-state index contributed by atoms with van der Waals surface area (Å²) in [6.45, 7) is 2.53. The predicted molar refractivity (Wildman–Crippen MR) is 53.7 cm³/mol. The average molecular weight is 194 g/mol. The Hall–Kier alpha value is -1.55. The first-order chi connectivity index (χ1) is 6.65. The second-order valence-electron chi connectivity index (χ2n) is 2.99. The summed E-state index contributed by atoms with van der Waals surface area (Å²) in [5.41, 5.74) is 5.90. The minimum Gasteiger partial charge on any atom is -0.508 e. The normalized spacial score (nSPS) is 12.4. The maximum Gasteiger partial charge on any atom is 0.239 e. The molecule has 4 N–H and O–H groups in total. The van der Waals surface area contributed by atoms with Crippen molar-refractivity contribution in [3.05, 3.63) is 29.8 Å². The number of rotatable bonds is 4. The summed E-state index contributed by atoms with van der Waals surface area (Å²) in [6, 6.07) is 5.97. The number of carbonyl (C=O) groups is 1. The SMILES string of the molecule is CCNC(C(N)=O)c1cccc(O)c1. The lowest BCUT2D eigenvalue weighted by Crippen LogP contribution is -2.33. The maximum atomic E-state index is 11.1. The molecule has 0 fully saturated rings. The van der Waals surface area contributed by atoms with E-state index in [9.17, 15) is 9.90 Å². The summed E-state index contributed by atoms with van der Waals surface area (Å²) in [7, 11) is 0. The first-order valence-corrected chi connectivity index (χ1v) is 4.46. The molecule has 0 radical (unpaired) electrons.